The Morgan fingerprint density at radius 2 is 1.48 bits per heavy atom. The molecule has 1 aliphatic heterocycles. The van der Waals surface area contributed by atoms with E-state index in [0.29, 0.717) is 12.8 Å². The Kier molecular flexibility index (Phi) is 5.28. The van der Waals surface area contributed by atoms with Crippen LogP contribution in [0.4, 0.5) is 17.1 Å². The van der Waals surface area contributed by atoms with E-state index < -0.39 is 5.41 Å². The number of carbonyl (C=O) groups is 2. The third-order valence-electron chi connectivity index (χ3n) is 6.01. The largest absolute Gasteiger partial charge is 0.369 e. The summed E-state index contributed by atoms with van der Waals surface area (Å²) < 4.78 is 0. The molecule has 152 valence electrons. The molecular weight excluding hydrogens is 364 g/mol. The minimum Gasteiger partial charge on any atom is -0.369 e. The molecule has 2 fully saturated rings. The van der Waals surface area contributed by atoms with Crippen LogP contribution in [-0.2, 0) is 9.59 Å². The number of likely N-dealkylation sites (N-methyl/N-ethyl adjacent to an activating group) is 1. The highest BCUT2D eigenvalue weighted by atomic mass is 16.2. The zero-order valence-electron chi connectivity index (χ0n) is 17.1. The van der Waals surface area contributed by atoms with Gasteiger partial charge in [0.05, 0.1) is 0 Å². The molecule has 2 aromatic rings. The van der Waals surface area contributed by atoms with Crippen molar-refractivity contribution in [2.75, 3.05) is 48.8 Å². The van der Waals surface area contributed by atoms with Gasteiger partial charge in [-0.15, -0.1) is 0 Å². The van der Waals surface area contributed by atoms with Gasteiger partial charge in [-0.05, 0) is 62.7 Å². The molecular formula is C23H28N4O2. The molecule has 2 amide bonds. The number of aryl methyl sites for hydroxylation is 1. The molecule has 0 radical (unpaired) electrons. The van der Waals surface area contributed by atoms with Gasteiger partial charge in [0.15, 0.2) is 0 Å². The van der Waals surface area contributed by atoms with Gasteiger partial charge in [-0.1, -0.05) is 18.2 Å². The van der Waals surface area contributed by atoms with Crippen molar-refractivity contribution in [3.05, 3.63) is 54.1 Å². The molecule has 0 spiro atoms. The molecule has 2 aromatic carbocycles. The molecule has 6 heteroatoms. The second kappa shape index (κ2) is 7.87. The van der Waals surface area contributed by atoms with Gasteiger partial charge in [0.25, 0.3) is 0 Å². The average molecular weight is 393 g/mol. The van der Waals surface area contributed by atoms with Gasteiger partial charge >= 0.3 is 0 Å². The Morgan fingerprint density at radius 1 is 0.862 bits per heavy atom. The second-order valence-electron chi connectivity index (χ2n) is 8.14. The Balaban J connectivity index is 1.38. The minimum absolute atomic E-state index is 0.224. The van der Waals surface area contributed by atoms with Gasteiger partial charge < -0.3 is 20.4 Å². The van der Waals surface area contributed by atoms with Crippen LogP contribution in [0.3, 0.4) is 0 Å². The molecule has 1 saturated carbocycles. The smallest absolute Gasteiger partial charge is 0.240 e. The van der Waals surface area contributed by atoms with Crippen LogP contribution in [-0.4, -0.2) is 49.9 Å². The summed E-state index contributed by atoms with van der Waals surface area (Å²) in [5, 5.41) is 5.86. The summed E-state index contributed by atoms with van der Waals surface area (Å²) in [4.78, 5) is 30.3. The number of rotatable bonds is 5. The molecule has 2 aliphatic rings. The fourth-order valence-electron chi connectivity index (χ4n) is 3.71. The Hall–Kier alpha value is -2.86. The summed E-state index contributed by atoms with van der Waals surface area (Å²) in [5.41, 5.74) is 2.67. The van der Waals surface area contributed by atoms with Crippen molar-refractivity contribution in [3.8, 4) is 0 Å². The predicted octanol–water partition coefficient (Wildman–Crippen LogP) is 3.10. The standard InChI is InChI=1S/C23H28N4O2/c1-17-5-3-4-6-20(17)25-22(29)23(11-12-23)21(28)24-18-7-9-19(10-8-18)27-15-13-26(2)14-16-27/h3-10H,11-16H2,1-2H3,(H,24,28)(H,25,29). The topological polar surface area (TPSA) is 64.7 Å². The van der Waals surface area contributed by atoms with Crippen molar-refractivity contribution in [2.24, 2.45) is 5.41 Å². The fourth-order valence-corrected chi connectivity index (χ4v) is 3.71. The van der Waals surface area contributed by atoms with Gasteiger partial charge in [0.1, 0.15) is 5.41 Å². The molecule has 0 atom stereocenters. The van der Waals surface area contributed by atoms with Crippen LogP contribution in [0.5, 0.6) is 0 Å². The van der Waals surface area contributed by atoms with Crippen molar-refractivity contribution in [1.82, 2.24) is 4.90 Å². The van der Waals surface area contributed by atoms with Crippen molar-refractivity contribution in [3.63, 3.8) is 0 Å². The zero-order chi connectivity index (χ0) is 20.4. The molecule has 4 rings (SSSR count). The second-order valence-corrected chi connectivity index (χ2v) is 8.14. The molecule has 0 unspecified atom stereocenters. The number of nitrogens with one attached hydrogen (secondary N) is 2. The van der Waals surface area contributed by atoms with Gasteiger partial charge in [0.2, 0.25) is 11.8 Å². The highest BCUT2D eigenvalue weighted by Crippen LogP contribution is 2.47. The van der Waals surface area contributed by atoms with Crippen molar-refractivity contribution >= 4 is 28.9 Å². The number of anilines is 3. The highest BCUT2D eigenvalue weighted by molar-refractivity contribution is 6.17. The lowest BCUT2D eigenvalue weighted by atomic mass is 10.0. The maximum atomic E-state index is 12.8. The molecule has 6 nitrogen and oxygen atoms in total. The van der Waals surface area contributed by atoms with E-state index in [-0.39, 0.29) is 11.8 Å². The maximum Gasteiger partial charge on any atom is 0.240 e. The molecule has 1 aliphatic carbocycles. The fraction of sp³-hybridized carbons (Fsp3) is 0.391. The van der Waals surface area contributed by atoms with E-state index >= 15 is 0 Å². The lowest BCUT2D eigenvalue weighted by Gasteiger charge is -2.34. The SMILES string of the molecule is Cc1ccccc1NC(=O)C1(C(=O)Nc2ccc(N3CCN(C)CC3)cc2)CC1. The lowest BCUT2D eigenvalue weighted by molar-refractivity contribution is -0.131. The Morgan fingerprint density at radius 3 is 2.10 bits per heavy atom. The first-order valence-corrected chi connectivity index (χ1v) is 10.2. The monoisotopic (exact) mass is 392 g/mol. The number of hydrogen-bond donors (Lipinski definition) is 2. The van der Waals surface area contributed by atoms with Crippen LogP contribution in [0.15, 0.2) is 48.5 Å². The summed E-state index contributed by atoms with van der Waals surface area (Å²) in [5.74, 6) is -0.450. The summed E-state index contributed by atoms with van der Waals surface area (Å²) in [6.45, 7) is 6.06. The molecule has 2 N–H and O–H groups in total. The number of benzene rings is 2. The number of hydrogen-bond acceptors (Lipinski definition) is 4. The van der Waals surface area contributed by atoms with Crippen LogP contribution in [0.25, 0.3) is 0 Å². The minimum atomic E-state index is -0.960. The zero-order valence-corrected chi connectivity index (χ0v) is 17.1. The van der Waals surface area contributed by atoms with E-state index in [0.717, 1.165) is 48.8 Å². The first-order chi connectivity index (χ1) is 14.0. The Bertz CT molecular complexity index is 897. The molecule has 29 heavy (non-hydrogen) atoms. The summed E-state index contributed by atoms with van der Waals surface area (Å²) in [6.07, 6.45) is 1.16. The summed E-state index contributed by atoms with van der Waals surface area (Å²) >= 11 is 0. The van der Waals surface area contributed by atoms with Gasteiger partial charge in [-0.2, -0.15) is 0 Å². The van der Waals surface area contributed by atoms with Gasteiger partial charge in [-0.25, -0.2) is 0 Å². The van der Waals surface area contributed by atoms with Gasteiger partial charge in [-0.3, -0.25) is 9.59 Å². The quantitative estimate of drug-likeness (QED) is 0.768. The summed E-state index contributed by atoms with van der Waals surface area (Å²) in [7, 11) is 2.14. The van der Waals surface area contributed by atoms with E-state index in [4.69, 9.17) is 0 Å². The molecule has 0 aromatic heterocycles. The lowest BCUT2D eigenvalue weighted by Crippen LogP contribution is -2.44. The average Bonchev–Trinajstić information content (AvgIpc) is 3.53. The maximum absolute atomic E-state index is 12.8. The number of para-hydroxylation sites is 1. The molecule has 1 saturated heterocycles. The van der Waals surface area contributed by atoms with Crippen molar-refractivity contribution in [2.45, 2.75) is 19.8 Å². The number of carbonyl (C=O) groups excluding carboxylic acids is 2. The third kappa shape index (κ3) is 4.12. The number of amides is 2. The van der Waals surface area contributed by atoms with Crippen molar-refractivity contribution < 1.29 is 9.59 Å². The van der Waals surface area contributed by atoms with Crippen LogP contribution in [0, 0.1) is 12.3 Å². The van der Waals surface area contributed by atoms with E-state index in [9.17, 15) is 9.59 Å². The highest BCUT2D eigenvalue weighted by Gasteiger charge is 2.56. The van der Waals surface area contributed by atoms with E-state index in [2.05, 4.69) is 27.5 Å². The Labute approximate surface area is 171 Å². The first kappa shape index (κ1) is 19.5. The third-order valence-corrected chi connectivity index (χ3v) is 6.01. The molecule has 1 heterocycles. The van der Waals surface area contributed by atoms with Crippen LogP contribution < -0.4 is 15.5 Å². The van der Waals surface area contributed by atoms with E-state index in [1.54, 1.807) is 0 Å². The molecule has 0 bridgehead atoms. The van der Waals surface area contributed by atoms with Crippen LogP contribution >= 0.6 is 0 Å². The normalized spacial score (nSPS) is 18.2. The van der Waals surface area contributed by atoms with Crippen molar-refractivity contribution in [1.29, 1.82) is 0 Å². The van der Waals surface area contributed by atoms with E-state index in [1.165, 1.54) is 0 Å². The number of nitrogens with zero attached hydrogens (tertiary/aromatic N) is 2. The van der Waals surface area contributed by atoms with E-state index in [1.807, 2.05) is 55.5 Å². The van der Waals surface area contributed by atoms with Crippen LogP contribution in [0.2, 0.25) is 0 Å². The van der Waals surface area contributed by atoms with Gasteiger partial charge in [0, 0.05) is 43.2 Å². The number of piperazine rings is 1. The first-order valence-electron chi connectivity index (χ1n) is 10.2. The predicted molar refractivity (Wildman–Crippen MR) is 116 cm³/mol. The summed E-state index contributed by atoms with van der Waals surface area (Å²) in [6, 6.07) is 15.5. The van der Waals surface area contributed by atoms with Crippen LogP contribution in [0.1, 0.15) is 18.4 Å².